The Hall–Kier alpha value is -1.91. The fourth-order valence-electron chi connectivity index (χ4n) is 3.47. The zero-order valence-corrected chi connectivity index (χ0v) is 15.4. The molecule has 1 atom stereocenters. The molecular formula is C21H23ClFNO2. The lowest BCUT2D eigenvalue weighted by atomic mass is 9.87. The van der Waals surface area contributed by atoms with Gasteiger partial charge in [-0.1, -0.05) is 36.4 Å². The van der Waals surface area contributed by atoms with E-state index in [2.05, 4.69) is 4.90 Å². The van der Waals surface area contributed by atoms with Crippen LogP contribution in [0.4, 0.5) is 4.39 Å². The summed E-state index contributed by atoms with van der Waals surface area (Å²) in [6.45, 7) is 2.09. The topological polar surface area (TPSA) is 29.5 Å². The van der Waals surface area contributed by atoms with Crippen LogP contribution in [-0.4, -0.2) is 36.2 Å². The molecule has 1 aliphatic rings. The minimum Gasteiger partial charge on any atom is -0.485 e. The van der Waals surface area contributed by atoms with Crippen molar-refractivity contribution >= 4 is 17.4 Å². The number of carbonyl (C=O) groups is 1. The van der Waals surface area contributed by atoms with Gasteiger partial charge in [0, 0.05) is 12.0 Å². The number of hydrogen-bond donors (Lipinski definition) is 0. The van der Waals surface area contributed by atoms with E-state index in [9.17, 15) is 9.18 Å². The Morgan fingerprint density at radius 1 is 1.15 bits per heavy atom. The molecule has 0 aromatic heterocycles. The van der Waals surface area contributed by atoms with Crippen molar-refractivity contribution in [3.63, 3.8) is 0 Å². The number of carbonyl (C=O) groups excluding carboxylic acids is 1. The average Bonchev–Trinajstić information content (AvgIpc) is 2.67. The van der Waals surface area contributed by atoms with Gasteiger partial charge in [0.05, 0.1) is 12.4 Å². The maximum atomic E-state index is 13.5. The number of benzene rings is 2. The van der Waals surface area contributed by atoms with Crippen LogP contribution in [0.3, 0.4) is 0 Å². The molecule has 1 saturated heterocycles. The summed E-state index contributed by atoms with van der Waals surface area (Å²) in [6, 6.07) is 16.3. The van der Waals surface area contributed by atoms with Crippen molar-refractivity contribution in [3.05, 3.63) is 66.0 Å². The molecule has 0 saturated carbocycles. The number of piperidine rings is 1. The predicted molar refractivity (Wildman–Crippen MR) is 101 cm³/mol. The van der Waals surface area contributed by atoms with Crippen LogP contribution in [0.25, 0.3) is 0 Å². The van der Waals surface area contributed by atoms with Gasteiger partial charge in [0.25, 0.3) is 0 Å². The summed E-state index contributed by atoms with van der Waals surface area (Å²) >= 11 is 5.61. The van der Waals surface area contributed by atoms with Crippen LogP contribution < -0.4 is 4.74 Å². The van der Waals surface area contributed by atoms with E-state index >= 15 is 0 Å². The number of nitrogens with zero attached hydrogens (tertiary/aromatic N) is 1. The van der Waals surface area contributed by atoms with Crippen molar-refractivity contribution in [2.45, 2.75) is 18.9 Å². The summed E-state index contributed by atoms with van der Waals surface area (Å²) in [7, 11) is 0. The first-order valence-electron chi connectivity index (χ1n) is 8.93. The van der Waals surface area contributed by atoms with Gasteiger partial charge in [-0.3, -0.25) is 9.69 Å². The lowest BCUT2D eigenvalue weighted by molar-refractivity contribution is -0.118. The van der Waals surface area contributed by atoms with Crippen LogP contribution in [0.1, 0.15) is 24.5 Å². The number of ketones is 1. The van der Waals surface area contributed by atoms with Gasteiger partial charge in [0.2, 0.25) is 0 Å². The number of rotatable bonds is 7. The van der Waals surface area contributed by atoms with Crippen LogP contribution in [0.5, 0.6) is 5.75 Å². The number of hydrogen-bond acceptors (Lipinski definition) is 3. The second-order valence-corrected chi connectivity index (χ2v) is 6.96. The predicted octanol–water partition coefficient (Wildman–Crippen LogP) is 4.47. The lowest BCUT2D eigenvalue weighted by Gasteiger charge is -2.36. The fraction of sp³-hybridized carbons (Fsp3) is 0.381. The molecule has 1 fully saturated rings. The Morgan fingerprint density at radius 2 is 1.88 bits per heavy atom. The maximum Gasteiger partial charge on any atom is 0.161 e. The Bertz CT molecular complexity index is 717. The maximum absolute atomic E-state index is 13.5. The van der Waals surface area contributed by atoms with Gasteiger partial charge in [-0.2, -0.15) is 0 Å². The van der Waals surface area contributed by atoms with Crippen LogP contribution in [0.2, 0.25) is 0 Å². The van der Waals surface area contributed by atoms with Gasteiger partial charge in [0.15, 0.2) is 5.78 Å². The van der Waals surface area contributed by atoms with Crippen molar-refractivity contribution in [2.75, 3.05) is 25.5 Å². The van der Waals surface area contributed by atoms with Crippen molar-refractivity contribution in [2.24, 2.45) is 5.92 Å². The molecular weight excluding hydrogens is 353 g/mol. The monoisotopic (exact) mass is 375 g/mol. The minimum atomic E-state index is -0.302. The van der Waals surface area contributed by atoms with E-state index in [-0.39, 0.29) is 23.6 Å². The standard InChI is InChI=1S/C21H23ClFNO2/c22-14-19(25)15-24-11-9-17(10-12-24)21(16-5-2-1-3-6-16)26-20-8-4-7-18(23)13-20/h1-8,13,17,21H,9-12,14-15H2. The molecule has 0 radical (unpaired) electrons. The number of Topliss-reactive ketones (excluding diaryl/α,β-unsaturated/α-hetero) is 1. The number of likely N-dealkylation sites (tertiary alicyclic amines) is 1. The number of halogens is 2. The Morgan fingerprint density at radius 3 is 2.54 bits per heavy atom. The fourth-order valence-corrected chi connectivity index (χ4v) is 3.56. The minimum absolute atomic E-state index is 0.0562. The molecule has 0 aliphatic carbocycles. The summed E-state index contributed by atoms with van der Waals surface area (Å²) in [5.41, 5.74) is 1.09. The van der Waals surface area contributed by atoms with E-state index in [0.717, 1.165) is 31.5 Å². The zero-order chi connectivity index (χ0) is 18.4. The van der Waals surface area contributed by atoms with E-state index in [1.807, 2.05) is 30.3 Å². The molecule has 5 heteroatoms. The smallest absolute Gasteiger partial charge is 0.161 e. The molecule has 0 amide bonds. The van der Waals surface area contributed by atoms with Crippen LogP contribution in [0.15, 0.2) is 54.6 Å². The molecule has 138 valence electrons. The highest BCUT2D eigenvalue weighted by Crippen LogP contribution is 2.35. The van der Waals surface area contributed by atoms with E-state index in [4.69, 9.17) is 16.3 Å². The molecule has 0 spiro atoms. The van der Waals surface area contributed by atoms with Gasteiger partial charge in [-0.25, -0.2) is 4.39 Å². The van der Waals surface area contributed by atoms with Crippen molar-refractivity contribution in [1.82, 2.24) is 4.90 Å². The Kier molecular flexibility index (Phi) is 6.64. The van der Waals surface area contributed by atoms with E-state index in [0.29, 0.717) is 18.2 Å². The molecule has 2 aromatic carbocycles. The summed E-state index contributed by atoms with van der Waals surface area (Å²) in [4.78, 5) is 13.7. The largest absolute Gasteiger partial charge is 0.485 e. The third-order valence-electron chi connectivity index (χ3n) is 4.80. The molecule has 3 rings (SSSR count). The van der Waals surface area contributed by atoms with Crippen LogP contribution in [-0.2, 0) is 4.79 Å². The van der Waals surface area contributed by atoms with Crippen molar-refractivity contribution < 1.29 is 13.9 Å². The van der Waals surface area contributed by atoms with Gasteiger partial charge in [-0.05, 0) is 43.6 Å². The van der Waals surface area contributed by atoms with Crippen LogP contribution in [0, 0.1) is 11.7 Å². The van der Waals surface area contributed by atoms with Crippen molar-refractivity contribution in [3.8, 4) is 5.75 Å². The summed E-state index contributed by atoms with van der Waals surface area (Å²) in [5, 5.41) is 0. The van der Waals surface area contributed by atoms with E-state index < -0.39 is 0 Å². The third kappa shape index (κ3) is 5.05. The highest BCUT2D eigenvalue weighted by Gasteiger charge is 2.29. The van der Waals surface area contributed by atoms with Crippen LogP contribution >= 0.6 is 11.6 Å². The van der Waals surface area contributed by atoms with E-state index in [1.54, 1.807) is 12.1 Å². The van der Waals surface area contributed by atoms with Gasteiger partial charge in [-0.15, -0.1) is 11.6 Å². The van der Waals surface area contributed by atoms with Gasteiger partial charge < -0.3 is 4.74 Å². The molecule has 1 heterocycles. The molecule has 3 nitrogen and oxygen atoms in total. The molecule has 2 aromatic rings. The first kappa shape index (κ1) is 18.9. The first-order valence-corrected chi connectivity index (χ1v) is 9.46. The summed E-state index contributed by atoms with van der Waals surface area (Å²) < 4.78 is 19.8. The zero-order valence-electron chi connectivity index (χ0n) is 14.6. The first-order chi connectivity index (χ1) is 12.7. The summed E-state index contributed by atoms with van der Waals surface area (Å²) in [5.74, 6) is 0.668. The number of ether oxygens (including phenoxy) is 1. The highest BCUT2D eigenvalue weighted by atomic mass is 35.5. The highest BCUT2D eigenvalue weighted by molar-refractivity contribution is 6.27. The normalized spacial score (nSPS) is 17.0. The SMILES string of the molecule is O=C(CCl)CN1CCC(C(Oc2cccc(F)c2)c2ccccc2)CC1. The number of alkyl halides is 1. The Balaban J connectivity index is 1.71. The molecule has 26 heavy (non-hydrogen) atoms. The van der Waals surface area contributed by atoms with Gasteiger partial charge >= 0.3 is 0 Å². The summed E-state index contributed by atoms with van der Waals surface area (Å²) in [6.07, 6.45) is 1.71. The lowest BCUT2D eigenvalue weighted by Crippen LogP contribution is -2.39. The van der Waals surface area contributed by atoms with Gasteiger partial charge in [0.1, 0.15) is 17.7 Å². The second kappa shape index (κ2) is 9.15. The molecule has 1 unspecified atom stereocenters. The third-order valence-corrected chi connectivity index (χ3v) is 5.09. The van der Waals surface area contributed by atoms with Crippen molar-refractivity contribution in [1.29, 1.82) is 0 Å². The van der Waals surface area contributed by atoms with E-state index in [1.165, 1.54) is 12.1 Å². The second-order valence-electron chi connectivity index (χ2n) is 6.69. The Labute approximate surface area is 158 Å². The molecule has 0 N–H and O–H groups in total. The quantitative estimate of drug-likeness (QED) is 0.669. The molecule has 1 aliphatic heterocycles. The average molecular weight is 376 g/mol. The molecule has 0 bridgehead atoms.